The van der Waals surface area contributed by atoms with E-state index in [4.69, 9.17) is 10.5 Å². The number of likely N-dealkylation sites (N-methyl/N-ethyl adjacent to an activating group) is 1. The average Bonchev–Trinajstić information content (AvgIpc) is 2.38. The molecule has 0 saturated carbocycles. The molecule has 0 radical (unpaired) electrons. The van der Waals surface area contributed by atoms with Crippen molar-refractivity contribution in [2.75, 3.05) is 24.3 Å². The second-order valence-corrected chi connectivity index (χ2v) is 4.43. The third-order valence-electron chi connectivity index (χ3n) is 3.32. The van der Waals surface area contributed by atoms with Gasteiger partial charge in [-0.25, -0.2) is 0 Å². The van der Waals surface area contributed by atoms with Gasteiger partial charge < -0.3 is 15.4 Å². The molecule has 4 heteroatoms. The molecule has 0 fully saturated rings. The monoisotopic (exact) mass is 250 g/mol. The Bertz CT molecular complexity index is 414. The quantitative estimate of drug-likeness (QED) is 0.817. The summed E-state index contributed by atoms with van der Waals surface area (Å²) in [5.41, 5.74) is 6.42. The molecule has 1 unspecified atom stereocenters. The molecule has 0 aliphatic rings. The van der Waals surface area contributed by atoms with Gasteiger partial charge in [-0.2, -0.15) is 0 Å². The molecular weight excluding hydrogens is 228 g/mol. The van der Waals surface area contributed by atoms with Crippen LogP contribution in [0, 0.1) is 0 Å². The van der Waals surface area contributed by atoms with Crippen LogP contribution >= 0.6 is 0 Å². The Morgan fingerprint density at radius 2 is 2.11 bits per heavy atom. The minimum atomic E-state index is -0.791. The van der Waals surface area contributed by atoms with Gasteiger partial charge in [-0.3, -0.25) is 4.79 Å². The Labute approximate surface area is 109 Å². The van der Waals surface area contributed by atoms with E-state index in [1.165, 1.54) is 0 Å². The molecule has 1 rings (SSSR count). The number of rotatable bonds is 5. The van der Waals surface area contributed by atoms with Crippen LogP contribution in [0.3, 0.4) is 0 Å². The summed E-state index contributed by atoms with van der Waals surface area (Å²) >= 11 is 0. The number of amides is 1. The van der Waals surface area contributed by atoms with E-state index in [9.17, 15) is 4.79 Å². The van der Waals surface area contributed by atoms with E-state index >= 15 is 0 Å². The zero-order chi connectivity index (χ0) is 13.8. The lowest BCUT2D eigenvalue weighted by atomic mass is 10.0. The predicted octanol–water partition coefficient (Wildman–Crippen LogP) is 2.44. The van der Waals surface area contributed by atoms with Gasteiger partial charge >= 0.3 is 0 Å². The summed E-state index contributed by atoms with van der Waals surface area (Å²) in [6, 6.07) is 7.32. The van der Waals surface area contributed by atoms with Crippen LogP contribution in [-0.2, 0) is 9.53 Å². The van der Waals surface area contributed by atoms with Crippen molar-refractivity contribution >= 4 is 17.3 Å². The first kappa shape index (κ1) is 14.5. The van der Waals surface area contributed by atoms with Gasteiger partial charge in [0.1, 0.15) is 5.60 Å². The molecule has 18 heavy (non-hydrogen) atoms. The van der Waals surface area contributed by atoms with E-state index in [0.717, 1.165) is 5.69 Å². The van der Waals surface area contributed by atoms with Crippen molar-refractivity contribution in [1.82, 2.24) is 0 Å². The Kier molecular flexibility index (Phi) is 4.73. The van der Waals surface area contributed by atoms with Gasteiger partial charge in [-0.15, -0.1) is 0 Å². The summed E-state index contributed by atoms with van der Waals surface area (Å²) in [6.07, 6.45) is 0.626. The summed E-state index contributed by atoms with van der Waals surface area (Å²) in [6.45, 7) is 6.27. The number of hydrogen-bond acceptors (Lipinski definition) is 3. The number of benzene rings is 1. The number of methoxy groups -OCH3 is 1. The van der Waals surface area contributed by atoms with Gasteiger partial charge in [0.25, 0.3) is 5.91 Å². The number of nitrogens with zero attached hydrogens (tertiary/aromatic N) is 1. The van der Waals surface area contributed by atoms with Crippen molar-refractivity contribution in [3.05, 3.63) is 24.3 Å². The van der Waals surface area contributed by atoms with Crippen LogP contribution in [0.15, 0.2) is 24.3 Å². The van der Waals surface area contributed by atoms with E-state index in [2.05, 4.69) is 0 Å². The summed E-state index contributed by atoms with van der Waals surface area (Å²) in [7, 11) is 1.56. The van der Waals surface area contributed by atoms with E-state index in [1.54, 1.807) is 24.1 Å². The zero-order valence-electron chi connectivity index (χ0n) is 11.6. The van der Waals surface area contributed by atoms with Crippen molar-refractivity contribution in [3.8, 4) is 0 Å². The summed E-state index contributed by atoms with van der Waals surface area (Å²) in [5, 5.41) is 0. The van der Waals surface area contributed by atoms with Gasteiger partial charge in [0.15, 0.2) is 0 Å². The minimum absolute atomic E-state index is 0.0411. The second-order valence-electron chi connectivity index (χ2n) is 4.43. The molecule has 0 aliphatic carbocycles. The molecule has 0 aliphatic heterocycles. The maximum atomic E-state index is 12.5. The standard InChI is InChI=1S/C14H22N2O2/c1-5-14(3,18-4)13(17)16(6-2)12-9-7-8-11(15)10-12/h7-10H,5-6,15H2,1-4H3. The topological polar surface area (TPSA) is 55.6 Å². The number of anilines is 2. The third-order valence-corrected chi connectivity index (χ3v) is 3.32. The largest absolute Gasteiger partial charge is 0.399 e. The number of nitrogens with two attached hydrogens (primary N) is 1. The summed E-state index contributed by atoms with van der Waals surface area (Å²) in [5.74, 6) is -0.0411. The number of hydrogen-bond donors (Lipinski definition) is 1. The molecule has 1 aromatic rings. The average molecular weight is 250 g/mol. The first-order valence-corrected chi connectivity index (χ1v) is 6.21. The van der Waals surface area contributed by atoms with Crippen LogP contribution in [0.4, 0.5) is 11.4 Å². The van der Waals surface area contributed by atoms with Gasteiger partial charge in [-0.1, -0.05) is 13.0 Å². The molecule has 0 heterocycles. The molecule has 0 spiro atoms. The fraction of sp³-hybridized carbons (Fsp3) is 0.500. The molecule has 2 N–H and O–H groups in total. The molecule has 4 nitrogen and oxygen atoms in total. The minimum Gasteiger partial charge on any atom is -0.399 e. The molecule has 1 amide bonds. The van der Waals surface area contributed by atoms with Crippen molar-refractivity contribution in [1.29, 1.82) is 0 Å². The Morgan fingerprint density at radius 3 is 2.56 bits per heavy atom. The number of nitrogen functional groups attached to an aromatic ring is 1. The van der Waals surface area contributed by atoms with Crippen molar-refractivity contribution in [2.45, 2.75) is 32.8 Å². The highest BCUT2D eigenvalue weighted by molar-refractivity contribution is 5.99. The summed E-state index contributed by atoms with van der Waals surface area (Å²) in [4.78, 5) is 14.2. The lowest BCUT2D eigenvalue weighted by Crippen LogP contribution is -2.48. The van der Waals surface area contributed by atoms with Gasteiger partial charge in [-0.05, 0) is 38.5 Å². The van der Waals surface area contributed by atoms with Gasteiger partial charge in [0, 0.05) is 25.0 Å². The van der Waals surface area contributed by atoms with Crippen molar-refractivity contribution in [2.24, 2.45) is 0 Å². The lowest BCUT2D eigenvalue weighted by molar-refractivity contribution is -0.138. The van der Waals surface area contributed by atoms with Gasteiger partial charge in [0.05, 0.1) is 0 Å². The van der Waals surface area contributed by atoms with Crippen LogP contribution in [0.5, 0.6) is 0 Å². The molecule has 100 valence electrons. The summed E-state index contributed by atoms with van der Waals surface area (Å²) < 4.78 is 5.36. The van der Waals surface area contributed by atoms with Crippen LogP contribution < -0.4 is 10.6 Å². The van der Waals surface area contributed by atoms with Crippen LogP contribution in [0.25, 0.3) is 0 Å². The Morgan fingerprint density at radius 1 is 1.44 bits per heavy atom. The highest BCUT2D eigenvalue weighted by Crippen LogP contribution is 2.24. The highest BCUT2D eigenvalue weighted by atomic mass is 16.5. The SMILES string of the molecule is CCN(C(=O)C(C)(CC)OC)c1cccc(N)c1. The van der Waals surface area contributed by atoms with Crippen LogP contribution in [-0.4, -0.2) is 25.2 Å². The van der Waals surface area contributed by atoms with Crippen LogP contribution in [0.2, 0.25) is 0 Å². The van der Waals surface area contributed by atoms with E-state index in [-0.39, 0.29) is 5.91 Å². The van der Waals surface area contributed by atoms with Crippen molar-refractivity contribution < 1.29 is 9.53 Å². The van der Waals surface area contributed by atoms with Crippen molar-refractivity contribution in [3.63, 3.8) is 0 Å². The van der Waals surface area contributed by atoms with E-state index in [1.807, 2.05) is 32.9 Å². The number of carbonyl (C=O) groups excluding carboxylic acids is 1. The van der Waals surface area contributed by atoms with E-state index in [0.29, 0.717) is 18.7 Å². The maximum Gasteiger partial charge on any atom is 0.258 e. The molecule has 0 aromatic heterocycles. The molecule has 0 bridgehead atoms. The molecule has 0 saturated heterocycles. The lowest BCUT2D eigenvalue weighted by Gasteiger charge is -2.32. The molecular formula is C14H22N2O2. The molecule has 1 atom stereocenters. The van der Waals surface area contributed by atoms with Gasteiger partial charge in [0.2, 0.25) is 0 Å². The number of ether oxygens (including phenoxy) is 1. The smallest absolute Gasteiger partial charge is 0.258 e. The highest BCUT2D eigenvalue weighted by Gasteiger charge is 2.35. The van der Waals surface area contributed by atoms with Crippen LogP contribution in [0.1, 0.15) is 27.2 Å². The fourth-order valence-electron chi connectivity index (χ4n) is 1.80. The predicted molar refractivity (Wildman–Crippen MR) is 74.6 cm³/mol. The Hall–Kier alpha value is -1.55. The van der Waals surface area contributed by atoms with E-state index < -0.39 is 5.60 Å². The Balaban J connectivity index is 3.07. The number of carbonyl (C=O) groups is 1. The molecule has 1 aromatic carbocycles. The first-order chi connectivity index (χ1) is 8.48. The zero-order valence-corrected chi connectivity index (χ0v) is 11.6. The maximum absolute atomic E-state index is 12.5. The third kappa shape index (κ3) is 2.82. The normalized spacial score (nSPS) is 14.0. The first-order valence-electron chi connectivity index (χ1n) is 6.21. The fourth-order valence-corrected chi connectivity index (χ4v) is 1.80. The second kappa shape index (κ2) is 5.87.